The van der Waals surface area contributed by atoms with Crippen LogP contribution in [0.1, 0.15) is 26.3 Å². The van der Waals surface area contributed by atoms with Gasteiger partial charge >= 0.3 is 5.69 Å². The molecule has 0 saturated heterocycles. The van der Waals surface area contributed by atoms with E-state index in [9.17, 15) is 14.5 Å². The van der Waals surface area contributed by atoms with Crippen molar-refractivity contribution in [3.8, 4) is 0 Å². The first-order valence-corrected chi connectivity index (χ1v) is 7.32. The summed E-state index contributed by atoms with van der Waals surface area (Å²) in [5.74, 6) is -0.809. The molecule has 0 spiro atoms. The lowest BCUT2D eigenvalue weighted by atomic mass is 9.87. The van der Waals surface area contributed by atoms with Gasteiger partial charge in [-0.05, 0) is 35.2 Å². The maximum absolute atomic E-state index is 13.6. The summed E-state index contributed by atoms with van der Waals surface area (Å²) in [5.41, 5.74) is 0.761. The summed E-state index contributed by atoms with van der Waals surface area (Å²) in [6.07, 6.45) is 0. The molecule has 0 amide bonds. The number of nitrogens with zero attached hydrogens (tertiary/aromatic N) is 1. The summed E-state index contributed by atoms with van der Waals surface area (Å²) in [6.45, 7) is 6.35. The minimum atomic E-state index is -0.809. The van der Waals surface area contributed by atoms with Crippen LogP contribution < -0.4 is 0 Å². The third-order valence-corrected chi connectivity index (χ3v) is 4.14. The van der Waals surface area contributed by atoms with Crippen LogP contribution in [0.4, 0.5) is 10.1 Å². The summed E-state index contributed by atoms with van der Waals surface area (Å²) in [6, 6.07) is 11.9. The van der Waals surface area contributed by atoms with E-state index in [1.165, 1.54) is 23.4 Å². The Kier molecular flexibility index (Phi) is 4.32. The Hall–Kier alpha value is -1.88. The molecule has 3 nitrogen and oxygen atoms in total. The van der Waals surface area contributed by atoms with Gasteiger partial charge in [0.25, 0.3) is 0 Å². The van der Waals surface area contributed by atoms with Gasteiger partial charge in [0.1, 0.15) is 0 Å². The van der Waals surface area contributed by atoms with Crippen LogP contribution in [0.2, 0.25) is 0 Å². The van der Waals surface area contributed by atoms with Gasteiger partial charge < -0.3 is 0 Å². The molecule has 0 fully saturated rings. The smallest absolute Gasteiger partial charge is 0.258 e. The van der Waals surface area contributed by atoms with Crippen molar-refractivity contribution in [1.82, 2.24) is 0 Å². The first kappa shape index (κ1) is 15.5. The Morgan fingerprint density at radius 1 is 1.10 bits per heavy atom. The molecule has 2 aromatic carbocycles. The molecular formula is C16H16FNO2S. The highest BCUT2D eigenvalue weighted by Crippen LogP contribution is 2.36. The molecular weight excluding hydrogens is 289 g/mol. The van der Waals surface area contributed by atoms with Crippen LogP contribution in [0.15, 0.2) is 52.3 Å². The molecule has 0 aliphatic rings. The van der Waals surface area contributed by atoms with Crippen LogP contribution in [0.5, 0.6) is 0 Å². The number of halogens is 1. The summed E-state index contributed by atoms with van der Waals surface area (Å²) >= 11 is 1.19. The highest BCUT2D eigenvalue weighted by Gasteiger charge is 2.20. The molecule has 0 atom stereocenters. The van der Waals surface area contributed by atoms with Crippen molar-refractivity contribution in [2.45, 2.75) is 36.0 Å². The van der Waals surface area contributed by atoms with Crippen molar-refractivity contribution in [2.24, 2.45) is 0 Å². The summed E-state index contributed by atoms with van der Waals surface area (Å²) in [5, 5.41) is 11.0. The van der Waals surface area contributed by atoms with Gasteiger partial charge in [0, 0.05) is 4.90 Å². The highest BCUT2D eigenvalue weighted by molar-refractivity contribution is 7.99. The standard InChI is InChI=1S/C16H16FNO2S/c1-16(2,3)11-7-9-12(10-8-11)21-14-6-4-5-13(17)15(14)18(19)20/h4-10H,1-3H3. The van der Waals surface area contributed by atoms with E-state index in [0.717, 1.165) is 11.0 Å². The number of nitro benzene ring substituents is 1. The van der Waals surface area contributed by atoms with Gasteiger partial charge in [0.2, 0.25) is 5.82 Å². The number of nitro groups is 1. The lowest BCUT2D eigenvalue weighted by Gasteiger charge is -2.19. The van der Waals surface area contributed by atoms with Gasteiger partial charge in [0.15, 0.2) is 0 Å². The Labute approximate surface area is 127 Å². The van der Waals surface area contributed by atoms with Gasteiger partial charge in [-0.2, -0.15) is 4.39 Å². The van der Waals surface area contributed by atoms with Crippen LogP contribution in [-0.2, 0) is 5.41 Å². The molecule has 5 heteroatoms. The molecule has 0 unspecified atom stereocenters. The Morgan fingerprint density at radius 3 is 2.24 bits per heavy atom. The fourth-order valence-corrected chi connectivity index (χ4v) is 2.85. The zero-order chi connectivity index (χ0) is 15.6. The van der Waals surface area contributed by atoms with Gasteiger partial charge in [0.05, 0.1) is 9.82 Å². The first-order chi connectivity index (χ1) is 9.79. The van der Waals surface area contributed by atoms with Crippen molar-refractivity contribution in [3.63, 3.8) is 0 Å². The second kappa shape index (κ2) is 5.85. The third-order valence-electron chi connectivity index (χ3n) is 3.08. The van der Waals surface area contributed by atoms with Crippen molar-refractivity contribution in [1.29, 1.82) is 0 Å². The zero-order valence-electron chi connectivity index (χ0n) is 12.1. The van der Waals surface area contributed by atoms with E-state index in [1.54, 1.807) is 6.07 Å². The van der Waals surface area contributed by atoms with Crippen LogP contribution in [0, 0.1) is 15.9 Å². The van der Waals surface area contributed by atoms with E-state index < -0.39 is 16.4 Å². The number of hydrogen-bond acceptors (Lipinski definition) is 3. The van der Waals surface area contributed by atoms with Gasteiger partial charge in [-0.3, -0.25) is 10.1 Å². The zero-order valence-corrected chi connectivity index (χ0v) is 12.9. The molecule has 0 aliphatic heterocycles. The Bertz CT molecular complexity index is 663. The lowest BCUT2D eigenvalue weighted by molar-refractivity contribution is -0.390. The SMILES string of the molecule is CC(C)(C)c1ccc(Sc2cccc(F)c2[N+](=O)[O-])cc1. The summed E-state index contributed by atoms with van der Waals surface area (Å²) in [4.78, 5) is 11.4. The predicted octanol–water partition coefficient (Wildman–Crippen LogP) is 5.18. The van der Waals surface area contributed by atoms with Gasteiger partial charge in [-0.1, -0.05) is 50.7 Å². The van der Waals surface area contributed by atoms with E-state index >= 15 is 0 Å². The molecule has 0 radical (unpaired) electrons. The van der Waals surface area contributed by atoms with Crippen LogP contribution in [0.25, 0.3) is 0 Å². The molecule has 110 valence electrons. The van der Waals surface area contributed by atoms with E-state index in [2.05, 4.69) is 20.8 Å². The minimum Gasteiger partial charge on any atom is -0.258 e. The molecule has 0 saturated carbocycles. The van der Waals surface area contributed by atoms with Crippen LogP contribution >= 0.6 is 11.8 Å². The molecule has 0 bridgehead atoms. The van der Waals surface area contributed by atoms with Gasteiger partial charge in [-0.25, -0.2) is 0 Å². The quantitative estimate of drug-likeness (QED) is 0.579. The topological polar surface area (TPSA) is 43.1 Å². The number of benzene rings is 2. The molecule has 0 N–H and O–H groups in total. The maximum atomic E-state index is 13.6. The molecule has 2 aromatic rings. The number of rotatable bonds is 3. The average molecular weight is 305 g/mol. The van der Waals surface area contributed by atoms with Crippen molar-refractivity contribution < 1.29 is 9.31 Å². The molecule has 0 aliphatic carbocycles. The largest absolute Gasteiger partial charge is 0.318 e. The second-order valence-electron chi connectivity index (χ2n) is 5.72. The number of para-hydroxylation sites is 1. The Morgan fingerprint density at radius 2 is 1.71 bits per heavy atom. The lowest BCUT2D eigenvalue weighted by Crippen LogP contribution is -2.10. The summed E-state index contributed by atoms with van der Waals surface area (Å²) in [7, 11) is 0. The normalized spacial score (nSPS) is 11.4. The molecule has 0 aromatic heterocycles. The van der Waals surface area contributed by atoms with Crippen molar-refractivity contribution >= 4 is 17.4 Å². The predicted molar refractivity (Wildman–Crippen MR) is 82.3 cm³/mol. The van der Waals surface area contributed by atoms with Crippen LogP contribution in [0.3, 0.4) is 0 Å². The minimum absolute atomic E-state index is 0.0497. The Balaban J connectivity index is 2.31. The van der Waals surface area contributed by atoms with Crippen molar-refractivity contribution in [2.75, 3.05) is 0 Å². The molecule has 0 heterocycles. The van der Waals surface area contributed by atoms with E-state index in [-0.39, 0.29) is 5.41 Å². The maximum Gasteiger partial charge on any atom is 0.318 e. The second-order valence-corrected chi connectivity index (χ2v) is 6.84. The van der Waals surface area contributed by atoms with Crippen LogP contribution in [-0.4, -0.2) is 4.92 Å². The fourth-order valence-electron chi connectivity index (χ4n) is 1.91. The van der Waals surface area contributed by atoms with E-state index in [1.807, 2.05) is 24.3 Å². The summed E-state index contributed by atoms with van der Waals surface area (Å²) < 4.78 is 13.6. The average Bonchev–Trinajstić information content (AvgIpc) is 2.38. The third kappa shape index (κ3) is 3.61. The monoisotopic (exact) mass is 305 g/mol. The van der Waals surface area contributed by atoms with Gasteiger partial charge in [-0.15, -0.1) is 0 Å². The van der Waals surface area contributed by atoms with E-state index in [4.69, 9.17) is 0 Å². The van der Waals surface area contributed by atoms with Crippen molar-refractivity contribution in [3.05, 3.63) is 64.0 Å². The molecule has 2 rings (SSSR count). The highest BCUT2D eigenvalue weighted by atomic mass is 32.2. The van der Waals surface area contributed by atoms with E-state index in [0.29, 0.717) is 4.90 Å². The molecule has 21 heavy (non-hydrogen) atoms. The number of hydrogen-bond donors (Lipinski definition) is 0. The fraction of sp³-hybridized carbons (Fsp3) is 0.250. The first-order valence-electron chi connectivity index (χ1n) is 6.50.